The highest BCUT2D eigenvalue weighted by molar-refractivity contribution is 5.87. The fourth-order valence-electron chi connectivity index (χ4n) is 4.29. The second-order valence-electron chi connectivity index (χ2n) is 8.57. The second kappa shape index (κ2) is 9.99. The van der Waals surface area contributed by atoms with E-state index < -0.39 is 0 Å². The van der Waals surface area contributed by atoms with Crippen molar-refractivity contribution in [2.24, 2.45) is 11.7 Å². The van der Waals surface area contributed by atoms with Crippen molar-refractivity contribution in [1.29, 1.82) is 0 Å². The Morgan fingerprint density at radius 1 is 1.28 bits per heavy atom. The van der Waals surface area contributed by atoms with E-state index in [2.05, 4.69) is 20.2 Å². The van der Waals surface area contributed by atoms with Crippen molar-refractivity contribution < 1.29 is 4.79 Å². The Bertz CT molecular complexity index is 1020. The Hall–Kier alpha value is -3.13. The molecule has 8 heteroatoms. The van der Waals surface area contributed by atoms with Gasteiger partial charge >= 0.3 is 0 Å². The molecular formula is C24H32N6O2. The topological polar surface area (TPSA) is 107 Å². The summed E-state index contributed by atoms with van der Waals surface area (Å²) in [5.74, 6) is 1.44. The van der Waals surface area contributed by atoms with Crippen LogP contribution in [0.1, 0.15) is 25.7 Å². The normalized spacial score (nSPS) is 17.0. The van der Waals surface area contributed by atoms with Gasteiger partial charge in [0.15, 0.2) is 0 Å². The molecule has 0 radical (unpaired) electrons. The molecule has 0 aromatic carbocycles. The van der Waals surface area contributed by atoms with E-state index in [-0.39, 0.29) is 17.5 Å². The maximum Gasteiger partial charge on any atom is 0.271 e. The van der Waals surface area contributed by atoms with E-state index in [9.17, 15) is 9.59 Å². The van der Waals surface area contributed by atoms with Crippen LogP contribution >= 0.6 is 0 Å². The predicted octanol–water partition coefficient (Wildman–Crippen LogP) is 2.20. The number of H-pyrrole nitrogens is 1. The molecule has 8 nitrogen and oxygen atoms in total. The summed E-state index contributed by atoms with van der Waals surface area (Å²) < 4.78 is 0. The molecule has 1 aliphatic heterocycles. The molecule has 2 aromatic heterocycles. The van der Waals surface area contributed by atoms with E-state index >= 15 is 0 Å². The number of aromatic amines is 1. The van der Waals surface area contributed by atoms with Gasteiger partial charge in [0, 0.05) is 63.3 Å². The molecule has 1 aliphatic carbocycles. The summed E-state index contributed by atoms with van der Waals surface area (Å²) in [4.78, 5) is 36.6. The van der Waals surface area contributed by atoms with Crippen LogP contribution in [0.25, 0.3) is 11.1 Å². The van der Waals surface area contributed by atoms with Crippen LogP contribution in [-0.2, 0) is 4.79 Å². The van der Waals surface area contributed by atoms with Crippen LogP contribution in [0.3, 0.4) is 0 Å². The van der Waals surface area contributed by atoms with E-state index in [1.54, 1.807) is 24.5 Å². The van der Waals surface area contributed by atoms with Crippen molar-refractivity contribution in [3.05, 3.63) is 53.1 Å². The number of hydrogen-bond donors (Lipinski definition) is 3. The first kappa shape index (κ1) is 22.1. The lowest BCUT2D eigenvalue weighted by molar-refractivity contribution is -0.127. The summed E-state index contributed by atoms with van der Waals surface area (Å²) in [5.41, 5.74) is 8.07. The van der Waals surface area contributed by atoms with Crippen LogP contribution in [0.15, 0.2) is 47.5 Å². The van der Waals surface area contributed by atoms with Gasteiger partial charge in [0.2, 0.25) is 5.91 Å². The zero-order valence-corrected chi connectivity index (χ0v) is 18.6. The molecule has 1 amide bonds. The van der Waals surface area contributed by atoms with Crippen LogP contribution in [0.2, 0.25) is 0 Å². The number of nitrogens with two attached hydrogens (primary N) is 1. The zero-order valence-electron chi connectivity index (χ0n) is 18.6. The molecule has 170 valence electrons. The molecule has 0 unspecified atom stereocenters. The van der Waals surface area contributed by atoms with Crippen molar-refractivity contribution >= 4 is 17.4 Å². The average Bonchev–Trinajstić information content (AvgIpc) is 3.66. The first-order valence-corrected chi connectivity index (χ1v) is 11.4. The van der Waals surface area contributed by atoms with Gasteiger partial charge in [0.25, 0.3) is 5.56 Å². The van der Waals surface area contributed by atoms with Crippen LogP contribution in [0.5, 0.6) is 0 Å². The monoisotopic (exact) mass is 436 g/mol. The quantitative estimate of drug-likeness (QED) is 0.548. The molecule has 1 saturated heterocycles. The molecule has 32 heavy (non-hydrogen) atoms. The lowest BCUT2D eigenvalue weighted by atomic mass is 10.0. The summed E-state index contributed by atoms with van der Waals surface area (Å²) in [6.07, 6.45) is 10.9. The Labute approximate surface area is 188 Å². The van der Waals surface area contributed by atoms with Gasteiger partial charge in [-0.3, -0.25) is 9.59 Å². The molecule has 3 heterocycles. The largest absolute Gasteiger partial charge is 0.373 e. The molecule has 0 atom stereocenters. The number of piperidine rings is 1. The zero-order chi connectivity index (χ0) is 22.5. The number of likely N-dealkylation sites (tertiary alicyclic amines) is 1. The third-order valence-electron chi connectivity index (χ3n) is 6.31. The molecule has 2 aromatic rings. The summed E-state index contributed by atoms with van der Waals surface area (Å²) in [6, 6.07) is 6.15. The molecule has 2 aliphatic rings. The number of amides is 1. The van der Waals surface area contributed by atoms with Crippen LogP contribution < -0.4 is 21.5 Å². The minimum atomic E-state index is -0.0679. The lowest BCUT2D eigenvalue weighted by Gasteiger charge is -2.39. The highest BCUT2D eigenvalue weighted by Crippen LogP contribution is 2.34. The standard InChI is InChI=1S/C24H32N6O2/c1-26-22-14-18(6-10-27-22)19-13-21(24(32)28-15-19)30(16-17-4-5-17)20-7-11-29(12-8-20)23(31)3-2-9-25/h2-3,6,10,13-15,17,20H,4-5,7-9,11-12,16,25H2,1H3,(H,26,27)(H,28,32)/b3-2+. The summed E-state index contributed by atoms with van der Waals surface area (Å²) in [6.45, 7) is 2.63. The number of anilines is 2. The molecule has 1 saturated carbocycles. The minimum absolute atomic E-state index is 0.0144. The molecule has 0 bridgehead atoms. The SMILES string of the molecule is CNc1cc(-c2c[nH]c(=O)c(N(CC3CC3)C3CCN(C(=O)/C=C/CN)CC3)c2)ccn1. The molecule has 4 rings (SSSR count). The van der Waals surface area contributed by atoms with Crippen molar-refractivity contribution in [3.63, 3.8) is 0 Å². The highest BCUT2D eigenvalue weighted by atomic mass is 16.2. The number of carbonyl (C=O) groups is 1. The van der Waals surface area contributed by atoms with E-state index in [4.69, 9.17) is 5.73 Å². The van der Waals surface area contributed by atoms with Crippen molar-refractivity contribution in [3.8, 4) is 11.1 Å². The molecule has 4 N–H and O–H groups in total. The number of carbonyl (C=O) groups excluding carboxylic acids is 1. The first-order chi connectivity index (χ1) is 15.6. The Morgan fingerprint density at radius 2 is 2.06 bits per heavy atom. The number of rotatable bonds is 8. The Kier molecular flexibility index (Phi) is 6.90. The third kappa shape index (κ3) is 5.19. The first-order valence-electron chi connectivity index (χ1n) is 11.4. The average molecular weight is 437 g/mol. The van der Waals surface area contributed by atoms with Gasteiger partial charge in [0.05, 0.1) is 0 Å². The van der Waals surface area contributed by atoms with Gasteiger partial charge in [-0.2, -0.15) is 0 Å². The van der Waals surface area contributed by atoms with Crippen LogP contribution in [0.4, 0.5) is 11.5 Å². The Balaban J connectivity index is 1.56. The fraction of sp³-hybridized carbons (Fsp3) is 0.458. The van der Waals surface area contributed by atoms with Crippen LogP contribution in [0, 0.1) is 5.92 Å². The van der Waals surface area contributed by atoms with Gasteiger partial charge < -0.3 is 25.8 Å². The Morgan fingerprint density at radius 3 is 2.75 bits per heavy atom. The maximum absolute atomic E-state index is 12.9. The summed E-state index contributed by atoms with van der Waals surface area (Å²) in [7, 11) is 1.84. The molecular weight excluding hydrogens is 404 g/mol. The summed E-state index contributed by atoms with van der Waals surface area (Å²) >= 11 is 0. The highest BCUT2D eigenvalue weighted by Gasteiger charge is 2.32. The maximum atomic E-state index is 12.9. The van der Waals surface area contributed by atoms with Gasteiger partial charge in [-0.15, -0.1) is 0 Å². The van der Waals surface area contributed by atoms with E-state index in [1.807, 2.05) is 30.1 Å². The fourth-order valence-corrected chi connectivity index (χ4v) is 4.29. The van der Waals surface area contributed by atoms with E-state index in [1.165, 1.54) is 12.8 Å². The van der Waals surface area contributed by atoms with Gasteiger partial charge in [-0.05, 0) is 55.4 Å². The second-order valence-corrected chi connectivity index (χ2v) is 8.57. The van der Waals surface area contributed by atoms with Gasteiger partial charge in [-0.1, -0.05) is 6.08 Å². The third-order valence-corrected chi connectivity index (χ3v) is 6.31. The van der Waals surface area contributed by atoms with Crippen molar-refractivity contribution in [2.45, 2.75) is 31.7 Å². The van der Waals surface area contributed by atoms with Crippen LogP contribution in [-0.4, -0.2) is 60.0 Å². The van der Waals surface area contributed by atoms with Crippen molar-refractivity contribution in [2.75, 3.05) is 43.4 Å². The van der Waals surface area contributed by atoms with Crippen molar-refractivity contribution in [1.82, 2.24) is 14.9 Å². The number of aromatic nitrogens is 2. The molecule has 2 fully saturated rings. The van der Waals surface area contributed by atoms with Gasteiger partial charge in [-0.25, -0.2) is 4.98 Å². The number of nitrogens with one attached hydrogen (secondary N) is 2. The minimum Gasteiger partial charge on any atom is -0.373 e. The lowest BCUT2D eigenvalue weighted by Crippen LogP contribution is -2.48. The number of nitrogens with zero attached hydrogens (tertiary/aromatic N) is 3. The van der Waals surface area contributed by atoms with Gasteiger partial charge in [0.1, 0.15) is 11.5 Å². The van der Waals surface area contributed by atoms with E-state index in [0.717, 1.165) is 36.3 Å². The number of hydrogen-bond acceptors (Lipinski definition) is 6. The smallest absolute Gasteiger partial charge is 0.271 e. The number of pyridine rings is 2. The predicted molar refractivity (Wildman–Crippen MR) is 128 cm³/mol. The summed E-state index contributed by atoms with van der Waals surface area (Å²) in [5, 5.41) is 3.06. The molecule has 0 spiro atoms. The van der Waals surface area contributed by atoms with E-state index in [0.29, 0.717) is 31.2 Å².